The van der Waals surface area contributed by atoms with Crippen LogP contribution in [0.3, 0.4) is 0 Å². The standard InChI is InChI=1S/C18H26N2O4/c1-19-8-3-6-18(12-21)7-9-20(11-16(18)19)17(23)13-4-5-15(24-2)14(22)10-13/h4-5,10,16,21-22H,3,6-9,11-12H2,1-2H3/t16-,18-/m1/s1. The first-order chi connectivity index (χ1) is 11.5. The van der Waals surface area contributed by atoms with Gasteiger partial charge >= 0.3 is 0 Å². The van der Waals surface area contributed by atoms with Crippen molar-refractivity contribution < 1.29 is 19.7 Å². The van der Waals surface area contributed by atoms with E-state index in [1.165, 1.54) is 13.2 Å². The lowest BCUT2D eigenvalue weighted by molar-refractivity contribution is -0.0601. The number of aliphatic hydroxyl groups excluding tert-OH is 1. The van der Waals surface area contributed by atoms with Crippen molar-refractivity contribution in [1.82, 2.24) is 9.80 Å². The summed E-state index contributed by atoms with van der Waals surface area (Å²) in [7, 11) is 3.55. The number of aromatic hydroxyl groups is 1. The minimum atomic E-state index is -0.0914. The number of phenols is 1. The molecule has 2 saturated heterocycles. The van der Waals surface area contributed by atoms with Gasteiger partial charge in [0.1, 0.15) is 0 Å². The number of likely N-dealkylation sites (N-methyl/N-ethyl adjacent to an activating group) is 1. The Morgan fingerprint density at radius 3 is 2.83 bits per heavy atom. The second kappa shape index (κ2) is 6.61. The average Bonchev–Trinajstić information content (AvgIpc) is 2.61. The molecule has 0 aromatic heterocycles. The van der Waals surface area contributed by atoms with Gasteiger partial charge in [0.15, 0.2) is 11.5 Å². The highest BCUT2D eigenvalue weighted by molar-refractivity contribution is 5.95. The maximum atomic E-state index is 12.8. The number of carbonyl (C=O) groups excluding carboxylic acids is 1. The number of carbonyl (C=O) groups is 1. The first-order valence-corrected chi connectivity index (χ1v) is 8.48. The smallest absolute Gasteiger partial charge is 0.254 e. The summed E-state index contributed by atoms with van der Waals surface area (Å²) in [6.45, 7) is 2.42. The fraction of sp³-hybridized carbons (Fsp3) is 0.611. The van der Waals surface area contributed by atoms with Crippen LogP contribution in [-0.2, 0) is 0 Å². The molecule has 6 nitrogen and oxygen atoms in total. The largest absolute Gasteiger partial charge is 0.504 e. The molecule has 1 aromatic rings. The van der Waals surface area contributed by atoms with Crippen LogP contribution in [0.4, 0.5) is 0 Å². The van der Waals surface area contributed by atoms with Gasteiger partial charge in [0.2, 0.25) is 0 Å². The molecule has 2 N–H and O–H groups in total. The van der Waals surface area contributed by atoms with Crippen LogP contribution in [0.5, 0.6) is 11.5 Å². The van der Waals surface area contributed by atoms with Crippen LogP contribution in [0.15, 0.2) is 18.2 Å². The molecule has 0 spiro atoms. The Morgan fingerprint density at radius 1 is 1.38 bits per heavy atom. The minimum Gasteiger partial charge on any atom is -0.504 e. The first-order valence-electron chi connectivity index (χ1n) is 8.48. The number of hydrogen-bond donors (Lipinski definition) is 2. The Bertz CT molecular complexity index is 621. The number of fused-ring (bicyclic) bond motifs is 1. The maximum absolute atomic E-state index is 12.8. The summed E-state index contributed by atoms with van der Waals surface area (Å²) in [6.07, 6.45) is 2.92. The summed E-state index contributed by atoms with van der Waals surface area (Å²) in [5, 5.41) is 19.9. The molecule has 2 fully saturated rings. The van der Waals surface area contributed by atoms with Gasteiger partial charge in [-0.25, -0.2) is 0 Å². The first kappa shape index (κ1) is 17.0. The molecule has 0 radical (unpaired) electrons. The van der Waals surface area contributed by atoms with Crippen molar-refractivity contribution >= 4 is 5.91 Å². The molecule has 1 amide bonds. The highest BCUT2D eigenvalue weighted by atomic mass is 16.5. The number of amides is 1. The van der Waals surface area contributed by atoms with E-state index < -0.39 is 0 Å². The zero-order valence-electron chi connectivity index (χ0n) is 14.4. The predicted molar refractivity (Wildman–Crippen MR) is 90.4 cm³/mol. The summed E-state index contributed by atoms with van der Waals surface area (Å²) >= 11 is 0. The molecule has 6 heteroatoms. The van der Waals surface area contributed by atoms with Gasteiger partial charge in [0.25, 0.3) is 5.91 Å². The van der Waals surface area contributed by atoms with E-state index in [4.69, 9.17) is 4.74 Å². The summed E-state index contributed by atoms with van der Waals surface area (Å²) in [5.41, 5.74) is 0.370. The molecule has 0 saturated carbocycles. The van der Waals surface area contributed by atoms with Gasteiger partial charge in [-0.05, 0) is 51.1 Å². The number of ether oxygens (including phenoxy) is 1. The fourth-order valence-electron chi connectivity index (χ4n) is 4.21. The average molecular weight is 334 g/mol. The molecule has 0 bridgehead atoms. The molecule has 2 aliphatic heterocycles. The lowest BCUT2D eigenvalue weighted by Crippen LogP contribution is -2.62. The van der Waals surface area contributed by atoms with Gasteiger partial charge in [-0.2, -0.15) is 0 Å². The monoisotopic (exact) mass is 334 g/mol. The Kier molecular flexibility index (Phi) is 4.69. The Balaban J connectivity index is 1.79. The second-order valence-electron chi connectivity index (χ2n) is 7.01. The van der Waals surface area contributed by atoms with Crippen molar-refractivity contribution in [2.24, 2.45) is 5.41 Å². The van der Waals surface area contributed by atoms with Crippen LogP contribution >= 0.6 is 0 Å². The highest BCUT2D eigenvalue weighted by Gasteiger charge is 2.47. The molecule has 2 heterocycles. The van der Waals surface area contributed by atoms with Gasteiger partial charge in [0.05, 0.1) is 13.7 Å². The van der Waals surface area contributed by atoms with Crippen molar-refractivity contribution in [3.05, 3.63) is 23.8 Å². The van der Waals surface area contributed by atoms with Crippen LogP contribution in [0.1, 0.15) is 29.6 Å². The normalized spacial score (nSPS) is 27.6. The van der Waals surface area contributed by atoms with Crippen LogP contribution < -0.4 is 4.74 Å². The minimum absolute atomic E-state index is 0.0279. The van der Waals surface area contributed by atoms with E-state index in [1.54, 1.807) is 12.1 Å². The molecule has 0 unspecified atom stereocenters. The third kappa shape index (κ3) is 2.84. The Morgan fingerprint density at radius 2 is 2.17 bits per heavy atom. The van der Waals surface area contributed by atoms with Gasteiger partial charge in [0, 0.05) is 30.1 Å². The topological polar surface area (TPSA) is 73.2 Å². The number of hydrogen-bond acceptors (Lipinski definition) is 5. The third-order valence-corrected chi connectivity index (χ3v) is 5.73. The second-order valence-corrected chi connectivity index (χ2v) is 7.01. The summed E-state index contributed by atoms with van der Waals surface area (Å²) < 4.78 is 5.03. The number of piperidine rings is 2. The Hall–Kier alpha value is -1.79. The zero-order chi connectivity index (χ0) is 17.3. The Labute approximate surface area is 142 Å². The van der Waals surface area contributed by atoms with Crippen LogP contribution in [-0.4, -0.2) is 72.4 Å². The summed E-state index contributed by atoms with van der Waals surface area (Å²) in [5.74, 6) is 0.245. The van der Waals surface area contributed by atoms with Gasteiger partial charge in [-0.3, -0.25) is 4.79 Å². The van der Waals surface area contributed by atoms with Crippen LogP contribution in [0, 0.1) is 5.41 Å². The molecular formula is C18H26N2O4. The van der Waals surface area contributed by atoms with Gasteiger partial charge in [-0.1, -0.05) is 0 Å². The number of likely N-dealkylation sites (tertiary alicyclic amines) is 2. The molecule has 2 atom stereocenters. The van der Waals surface area contributed by atoms with E-state index in [1.807, 2.05) is 4.90 Å². The lowest BCUT2D eigenvalue weighted by Gasteiger charge is -2.53. The van der Waals surface area contributed by atoms with E-state index in [9.17, 15) is 15.0 Å². The van der Waals surface area contributed by atoms with Crippen molar-refractivity contribution in [2.75, 3.05) is 40.4 Å². The van der Waals surface area contributed by atoms with E-state index in [0.717, 1.165) is 25.8 Å². The van der Waals surface area contributed by atoms with Gasteiger partial charge < -0.3 is 24.7 Å². The molecule has 3 rings (SSSR count). The molecule has 0 aliphatic carbocycles. The fourth-order valence-corrected chi connectivity index (χ4v) is 4.21. The maximum Gasteiger partial charge on any atom is 0.254 e. The molecule has 24 heavy (non-hydrogen) atoms. The predicted octanol–water partition coefficient (Wildman–Crippen LogP) is 1.32. The lowest BCUT2D eigenvalue weighted by atomic mass is 9.69. The molecular weight excluding hydrogens is 308 g/mol. The SMILES string of the molecule is COc1ccc(C(=O)N2CC[C@@]3(CO)CCCN(C)[C@@H]3C2)cc1O. The number of aliphatic hydroxyl groups is 1. The summed E-state index contributed by atoms with van der Waals surface area (Å²) in [4.78, 5) is 16.9. The van der Waals surface area contributed by atoms with Crippen molar-refractivity contribution in [3.63, 3.8) is 0 Å². The van der Waals surface area contributed by atoms with E-state index in [2.05, 4.69) is 11.9 Å². The van der Waals surface area contributed by atoms with Crippen molar-refractivity contribution in [1.29, 1.82) is 0 Å². The molecule has 132 valence electrons. The van der Waals surface area contributed by atoms with Crippen molar-refractivity contribution in [2.45, 2.75) is 25.3 Å². The molecule has 2 aliphatic rings. The molecule has 1 aromatic carbocycles. The summed E-state index contributed by atoms with van der Waals surface area (Å²) in [6, 6.07) is 4.93. The third-order valence-electron chi connectivity index (χ3n) is 5.73. The number of methoxy groups -OCH3 is 1. The van der Waals surface area contributed by atoms with E-state index >= 15 is 0 Å². The van der Waals surface area contributed by atoms with Crippen LogP contribution in [0.2, 0.25) is 0 Å². The number of rotatable bonds is 3. The number of benzene rings is 1. The van der Waals surface area contributed by atoms with Crippen LogP contribution in [0.25, 0.3) is 0 Å². The van der Waals surface area contributed by atoms with Gasteiger partial charge in [-0.15, -0.1) is 0 Å². The number of nitrogens with zero attached hydrogens (tertiary/aromatic N) is 2. The number of phenolic OH excluding ortho intramolecular Hbond substituents is 1. The van der Waals surface area contributed by atoms with E-state index in [0.29, 0.717) is 24.4 Å². The highest BCUT2D eigenvalue weighted by Crippen LogP contribution is 2.41. The van der Waals surface area contributed by atoms with E-state index in [-0.39, 0.29) is 29.7 Å². The zero-order valence-corrected chi connectivity index (χ0v) is 14.4. The van der Waals surface area contributed by atoms with Crippen molar-refractivity contribution in [3.8, 4) is 11.5 Å². The quantitative estimate of drug-likeness (QED) is 0.872.